The van der Waals surface area contributed by atoms with Gasteiger partial charge in [-0.25, -0.2) is 4.99 Å². The number of guanidine groups is 1. The van der Waals surface area contributed by atoms with Crippen molar-refractivity contribution in [2.45, 2.75) is 103 Å². The van der Waals surface area contributed by atoms with Crippen LogP contribution in [-0.2, 0) is 0 Å². The molecule has 1 unspecified atom stereocenters. The number of likely N-dealkylation sites (N-methyl/N-ethyl adjacent to an activating group) is 1. The highest BCUT2D eigenvalue weighted by Gasteiger charge is 2.13. The normalized spacial score (nSPS) is 11.8. The molecule has 6 nitrogen and oxygen atoms in total. The van der Waals surface area contributed by atoms with Gasteiger partial charge in [0, 0.05) is 18.2 Å². The van der Waals surface area contributed by atoms with E-state index in [1.807, 2.05) is 0 Å². The molecule has 6 N–H and O–H groups in total. The molecule has 0 aliphatic carbocycles. The number of amides is 1. The van der Waals surface area contributed by atoms with E-state index in [2.05, 4.69) is 29.5 Å². The minimum atomic E-state index is -0.0838. The van der Waals surface area contributed by atoms with Crippen LogP contribution in [0.5, 0.6) is 0 Å². The summed E-state index contributed by atoms with van der Waals surface area (Å²) in [5.41, 5.74) is 12.0. The van der Waals surface area contributed by atoms with E-state index in [1.165, 1.54) is 70.6 Å². The van der Waals surface area contributed by atoms with Gasteiger partial charge in [-0.1, -0.05) is 97.0 Å². The van der Waals surface area contributed by atoms with Crippen LogP contribution >= 0.6 is 0 Å². The number of nitrogens with two attached hydrogens (primary N) is 2. The SMILES string of the molecule is CCCCCCCCCCCCCCC(CNCC)NC(=O)c1cccc(N=C(N)N)c1. The molecular weight excluding hydrogens is 398 g/mol. The second kappa shape index (κ2) is 18.5. The molecule has 6 heteroatoms. The number of hydrogen-bond donors (Lipinski definition) is 4. The first kappa shape index (κ1) is 28.0. The van der Waals surface area contributed by atoms with Crippen LogP contribution in [0.3, 0.4) is 0 Å². The van der Waals surface area contributed by atoms with Gasteiger partial charge in [0.25, 0.3) is 5.91 Å². The molecule has 0 radical (unpaired) electrons. The molecule has 0 spiro atoms. The van der Waals surface area contributed by atoms with Gasteiger partial charge in [-0.05, 0) is 31.2 Å². The van der Waals surface area contributed by atoms with Crippen LogP contribution in [0.25, 0.3) is 0 Å². The van der Waals surface area contributed by atoms with E-state index in [4.69, 9.17) is 11.5 Å². The van der Waals surface area contributed by atoms with Crippen molar-refractivity contribution in [1.82, 2.24) is 10.6 Å². The topological polar surface area (TPSA) is 106 Å². The third-order valence-corrected chi connectivity index (χ3v) is 5.75. The van der Waals surface area contributed by atoms with E-state index >= 15 is 0 Å². The molecule has 1 aromatic carbocycles. The van der Waals surface area contributed by atoms with E-state index in [0.29, 0.717) is 11.3 Å². The second-order valence-corrected chi connectivity index (χ2v) is 8.74. The molecule has 0 aliphatic heterocycles. The van der Waals surface area contributed by atoms with Crippen molar-refractivity contribution in [3.8, 4) is 0 Å². The van der Waals surface area contributed by atoms with Crippen LogP contribution in [0, 0.1) is 0 Å². The smallest absolute Gasteiger partial charge is 0.251 e. The van der Waals surface area contributed by atoms with Crippen molar-refractivity contribution in [3.05, 3.63) is 29.8 Å². The zero-order valence-electron chi connectivity index (χ0n) is 20.5. The highest BCUT2D eigenvalue weighted by molar-refractivity contribution is 5.95. The Morgan fingerprint density at radius 2 is 1.50 bits per heavy atom. The van der Waals surface area contributed by atoms with E-state index in [9.17, 15) is 4.79 Å². The number of carbonyl (C=O) groups excluding carboxylic acids is 1. The van der Waals surface area contributed by atoms with Gasteiger partial charge in [0.05, 0.1) is 5.69 Å². The fourth-order valence-electron chi connectivity index (χ4n) is 3.91. The van der Waals surface area contributed by atoms with E-state index < -0.39 is 0 Å². The molecule has 1 amide bonds. The van der Waals surface area contributed by atoms with Gasteiger partial charge in [0.2, 0.25) is 0 Å². The predicted molar refractivity (Wildman–Crippen MR) is 137 cm³/mol. The third kappa shape index (κ3) is 14.1. The Hall–Kier alpha value is -2.08. The number of nitrogens with zero attached hydrogens (tertiary/aromatic N) is 1. The summed E-state index contributed by atoms with van der Waals surface area (Å²) in [7, 11) is 0. The zero-order chi connectivity index (χ0) is 23.4. The Morgan fingerprint density at radius 3 is 2.06 bits per heavy atom. The Balaban J connectivity index is 2.28. The van der Waals surface area contributed by atoms with Crippen LogP contribution in [0.15, 0.2) is 29.3 Å². The lowest BCUT2D eigenvalue weighted by Gasteiger charge is -2.19. The number of benzene rings is 1. The van der Waals surface area contributed by atoms with Gasteiger partial charge in [-0.2, -0.15) is 0 Å². The monoisotopic (exact) mass is 445 g/mol. The van der Waals surface area contributed by atoms with Crippen LogP contribution in [0.1, 0.15) is 108 Å². The predicted octanol–water partition coefficient (Wildman–Crippen LogP) is 5.39. The van der Waals surface area contributed by atoms with Crippen molar-refractivity contribution in [2.75, 3.05) is 13.1 Å². The molecular formula is C26H47N5O. The Labute approximate surface area is 196 Å². The van der Waals surface area contributed by atoms with Crippen molar-refractivity contribution in [3.63, 3.8) is 0 Å². The number of aliphatic imine (C=N–C) groups is 1. The van der Waals surface area contributed by atoms with Crippen LogP contribution in [0.2, 0.25) is 0 Å². The minimum Gasteiger partial charge on any atom is -0.370 e. The summed E-state index contributed by atoms with van der Waals surface area (Å²) in [5.74, 6) is -0.0981. The third-order valence-electron chi connectivity index (χ3n) is 5.75. The molecule has 0 saturated carbocycles. The Bertz CT molecular complexity index is 643. The van der Waals surface area contributed by atoms with Crippen LogP contribution in [-0.4, -0.2) is 31.0 Å². The number of hydrogen-bond acceptors (Lipinski definition) is 3. The molecule has 182 valence electrons. The molecule has 1 atom stereocenters. The highest BCUT2D eigenvalue weighted by Crippen LogP contribution is 2.15. The molecule has 32 heavy (non-hydrogen) atoms. The molecule has 0 saturated heterocycles. The summed E-state index contributed by atoms with van der Waals surface area (Å²) in [6.07, 6.45) is 17.0. The van der Waals surface area contributed by atoms with E-state index in [1.54, 1.807) is 24.3 Å². The molecule has 0 fully saturated rings. The van der Waals surface area contributed by atoms with E-state index in [-0.39, 0.29) is 17.9 Å². The van der Waals surface area contributed by atoms with Crippen molar-refractivity contribution < 1.29 is 4.79 Å². The van der Waals surface area contributed by atoms with Crippen LogP contribution < -0.4 is 22.1 Å². The van der Waals surface area contributed by atoms with Crippen LogP contribution in [0.4, 0.5) is 5.69 Å². The maximum Gasteiger partial charge on any atom is 0.251 e. The summed E-state index contributed by atoms with van der Waals surface area (Å²) in [4.78, 5) is 16.7. The standard InChI is InChI=1S/C26H47N5O/c1-3-5-6-7-8-9-10-11-12-13-14-15-18-24(21-29-4-2)30-25(32)22-17-16-19-23(20-22)31-26(27)28/h16-17,19-20,24,29H,3-15,18,21H2,1-2H3,(H,30,32)(H4,27,28,31). The molecule has 0 heterocycles. The fourth-order valence-corrected chi connectivity index (χ4v) is 3.91. The summed E-state index contributed by atoms with van der Waals surface area (Å²) >= 11 is 0. The van der Waals surface area contributed by atoms with Crippen molar-refractivity contribution in [1.29, 1.82) is 0 Å². The second-order valence-electron chi connectivity index (χ2n) is 8.74. The molecule has 0 bridgehead atoms. The largest absolute Gasteiger partial charge is 0.370 e. The summed E-state index contributed by atoms with van der Waals surface area (Å²) in [6.45, 7) is 6.03. The number of carbonyl (C=O) groups is 1. The van der Waals surface area contributed by atoms with Gasteiger partial charge >= 0.3 is 0 Å². The molecule has 1 rings (SSSR count). The average molecular weight is 446 g/mol. The maximum absolute atomic E-state index is 12.7. The lowest BCUT2D eigenvalue weighted by molar-refractivity contribution is 0.0934. The summed E-state index contributed by atoms with van der Waals surface area (Å²) in [6, 6.07) is 7.19. The fraction of sp³-hybridized carbons (Fsp3) is 0.692. The lowest BCUT2D eigenvalue weighted by Crippen LogP contribution is -2.42. The number of nitrogens with one attached hydrogen (secondary N) is 2. The lowest BCUT2D eigenvalue weighted by atomic mass is 10.0. The average Bonchev–Trinajstić information content (AvgIpc) is 2.77. The quantitative estimate of drug-likeness (QED) is 0.130. The molecule has 0 aliphatic rings. The van der Waals surface area contributed by atoms with E-state index in [0.717, 1.165) is 25.9 Å². The number of rotatable bonds is 19. The first-order valence-electron chi connectivity index (χ1n) is 12.8. The van der Waals surface area contributed by atoms with Gasteiger partial charge in [0.15, 0.2) is 5.96 Å². The van der Waals surface area contributed by atoms with Gasteiger partial charge in [-0.15, -0.1) is 0 Å². The minimum absolute atomic E-state index is 0.0143. The van der Waals surface area contributed by atoms with Gasteiger partial charge < -0.3 is 22.1 Å². The van der Waals surface area contributed by atoms with Gasteiger partial charge in [-0.3, -0.25) is 4.79 Å². The number of unbranched alkanes of at least 4 members (excludes halogenated alkanes) is 11. The Kier molecular flexibility index (Phi) is 16.1. The zero-order valence-corrected chi connectivity index (χ0v) is 20.5. The highest BCUT2D eigenvalue weighted by atomic mass is 16.1. The molecule has 0 aromatic heterocycles. The Morgan fingerprint density at radius 1 is 0.906 bits per heavy atom. The molecule has 1 aromatic rings. The first-order chi connectivity index (χ1) is 15.6. The van der Waals surface area contributed by atoms with Crippen molar-refractivity contribution >= 4 is 17.6 Å². The van der Waals surface area contributed by atoms with Crippen molar-refractivity contribution in [2.24, 2.45) is 16.5 Å². The summed E-state index contributed by atoms with van der Waals surface area (Å²) < 4.78 is 0. The summed E-state index contributed by atoms with van der Waals surface area (Å²) in [5, 5.41) is 6.54. The maximum atomic E-state index is 12.7. The van der Waals surface area contributed by atoms with Gasteiger partial charge in [0.1, 0.15) is 0 Å². The first-order valence-corrected chi connectivity index (χ1v) is 12.8.